The van der Waals surface area contributed by atoms with Crippen LogP contribution in [0.2, 0.25) is 0 Å². The Morgan fingerprint density at radius 2 is 1.89 bits per heavy atom. The normalized spacial score (nSPS) is 25.0. The molecule has 1 saturated carbocycles. The molecule has 1 aliphatic carbocycles. The lowest BCUT2D eigenvalue weighted by atomic mass is 9.93. The average Bonchev–Trinajstić information content (AvgIpc) is 2.82. The zero-order valence-electron chi connectivity index (χ0n) is 21.0. The van der Waals surface area contributed by atoms with Crippen LogP contribution in [-0.4, -0.2) is 66.7 Å². The van der Waals surface area contributed by atoms with Gasteiger partial charge in [-0.1, -0.05) is 19.3 Å². The molecule has 0 aromatic heterocycles. The van der Waals surface area contributed by atoms with E-state index in [4.69, 9.17) is 9.47 Å². The van der Waals surface area contributed by atoms with Crippen LogP contribution in [0.3, 0.4) is 0 Å². The molecule has 3 atom stereocenters. The van der Waals surface area contributed by atoms with Crippen LogP contribution in [0.4, 0.5) is 10.5 Å². The maximum absolute atomic E-state index is 13.3. The fourth-order valence-electron chi connectivity index (χ4n) is 5.27. The monoisotopic (exact) mass is 486 g/mol. The van der Waals surface area contributed by atoms with Gasteiger partial charge in [0.05, 0.1) is 24.1 Å². The Hall–Kier alpha value is -2.81. The lowest BCUT2D eigenvalue weighted by Crippen LogP contribution is -2.54. The van der Waals surface area contributed by atoms with Gasteiger partial charge in [0, 0.05) is 24.8 Å². The Labute approximate surface area is 207 Å². The molecule has 35 heavy (non-hydrogen) atoms. The third-order valence-electron chi connectivity index (χ3n) is 7.07. The van der Waals surface area contributed by atoms with Crippen molar-refractivity contribution in [2.45, 2.75) is 95.5 Å². The smallest absolute Gasteiger partial charge is 0.319 e. The van der Waals surface area contributed by atoms with Crippen molar-refractivity contribution in [1.82, 2.24) is 15.5 Å². The number of hydrogen-bond acceptors (Lipinski definition) is 5. The summed E-state index contributed by atoms with van der Waals surface area (Å²) in [7, 11) is 1.78. The SMILES string of the molecule is CC(C)NC(=O)Nc1ccc2c(c1)C(=O)N(C)[C@@H]1CC[C@@H](CC(=O)NC3CCCCC3)O[C@H]1CO2. The van der Waals surface area contributed by atoms with Crippen LogP contribution < -0.4 is 20.7 Å². The molecule has 0 spiro atoms. The van der Waals surface area contributed by atoms with Crippen molar-refractivity contribution >= 4 is 23.5 Å². The summed E-state index contributed by atoms with van der Waals surface area (Å²) in [6, 6.07) is 4.88. The van der Waals surface area contributed by atoms with Gasteiger partial charge in [-0.15, -0.1) is 0 Å². The quantitative estimate of drug-likeness (QED) is 0.591. The predicted octanol–water partition coefficient (Wildman–Crippen LogP) is 3.44. The molecule has 0 unspecified atom stereocenters. The summed E-state index contributed by atoms with van der Waals surface area (Å²) in [6.45, 7) is 4.04. The highest BCUT2D eigenvalue weighted by Gasteiger charge is 2.39. The van der Waals surface area contributed by atoms with Crippen LogP contribution in [0.5, 0.6) is 5.75 Å². The summed E-state index contributed by atoms with van der Waals surface area (Å²) in [5.41, 5.74) is 0.926. The van der Waals surface area contributed by atoms with Gasteiger partial charge in [0.1, 0.15) is 18.5 Å². The van der Waals surface area contributed by atoms with Crippen LogP contribution in [0.15, 0.2) is 18.2 Å². The number of fused-ring (bicyclic) bond motifs is 2. The topological polar surface area (TPSA) is 109 Å². The van der Waals surface area contributed by atoms with E-state index in [-0.39, 0.29) is 54.8 Å². The number of nitrogens with one attached hydrogen (secondary N) is 3. The van der Waals surface area contributed by atoms with E-state index in [0.717, 1.165) is 19.3 Å². The third kappa shape index (κ3) is 6.45. The van der Waals surface area contributed by atoms with Crippen molar-refractivity contribution in [3.8, 4) is 5.75 Å². The van der Waals surface area contributed by atoms with Crippen molar-refractivity contribution in [3.05, 3.63) is 23.8 Å². The molecule has 2 fully saturated rings. The summed E-state index contributed by atoms with van der Waals surface area (Å²) < 4.78 is 12.3. The van der Waals surface area contributed by atoms with Gasteiger partial charge in [-0.2, -0.15) is 0 Å². The van der Waals surface area contributed by atoms with Crippen LogP contribution >= 0.6 is 0 Å². The average molecular weight is 487 g/mol. The first-order chi connectivity index (χ1) is 16.8. The maximum atomic E-state index is 13.3. The molecular formula is C26H38N4O5. The molecule has 0 bridgehead atoms. The Morgan fingerprint density at radius 3 is 2.63 bits per heavy atom. The molecule has 9 heteroatoms. The second-order valence-corrected chi connectivity index (χ2v) is 10.2. The zero-order valence-corrected chi connectivity index (χ0v) is 21.0. The zero-order chi connectivity index (χ0) is 24.9. The van der Waals surface area contributed by atoms with Gasteiger partial charge < -0.3 is 30.3 Å². The van der Waals surface area contributed by atoms with Crippen molar-refractivity contribution in [2.75, 3.05) is 19.0 Å². The summed E-state index contributed by atoms with van der Waals surface area (Å²) in [6.07, 6.45) is 7.01. The molecule has 1 saturated heterocycles. The van der Waals surface area contributed by atoms with E-state index in [2.05, 4.69) is 16.0 Å². The van der Waals surface area contributed by atoms with E-state index in [1.165, 1.54) is 19.3 Å². The summed E-state index contributed by atoms with van der Waals surface area (Å²) in [5.74, 6) is 0.319. The number of nitrogens with zero attached hydrogens (tertiary/aromatic N) is 1. The molecule has 2 heterocycles. The molecule has 3 aliphatic rings. The number of rotatable bonds is 5. The van der Waals surface area contributed by atoms with Gasteiger partial charge in [-0.25, -0.2) is 4.79 Å². The number of likely N-dealkylation sites (N-methyl/N-ethyl adjacent to an activating group) is 1. The first-order valence-electron chi connectivity index (χ1n) is 12.9. The minimum Gasteiger partial charge on any atom is -0.490 e. The molecular weight excluding hydrogens is 448 g/mol. The van der Waals surface area contributed by atoms with E-state index in [1.807, 2.05) is 13.8 Å². The molecule has 9 nitrogen and oxygen atoms in total. The van der Waals surface area contributed by atoms with Crippen LogP contribution in [0.1, 0.15) is 75.6 Å². The summed E-state index contributed by atoms with van der Waals surface area (Å²) in [4.78, 5) is 39.7. The number of urea groups is 1. The molecule has 4 rings (SSSR count). The van der Waals surface area contributed by atoms with Gasteiger partial charge in [-0.3, -0.25) is 9.59 Å². The van der Waals surface area contributed by atoms with Crippen molar-refractivity contribution in [1.29, 1.82) is 0 Å². The second-order valence-electron chi connectivity index (χ2n) is 10.2. The van der Waals surface area contributed by atoms with Crippen LogP contribution in [0, 0.1) is 0 Å². The van der Waals surface area contributed by atoms with Crippen molar-refractivity contribution in [2.24, 2.45) is 0 Å². The van der Waals surface area contributed by atoms with Crippen molar-refractivity contribution < 1.29 is 23.9 Å². The van der Waals surface area contributed by atoms with E-state index in [1.54, 1.807) is 30.1 Å². The Morgan fingerprint density at radius 1 is 1.11 bits per heavy atom. The summed E-state index contributed by atoms with van der Waals surface area (Å²) in [5, 5.41) is 8.70. The number of carbonyl (C=O) groups excluding carboxylic acids is 3. The van der Waals surface area contributed by atoms with Crippen LogP contribution in [-0.2, 0) is 9.53 Å². The highest BCUT2D eigenvalue weighted by molar-refractivity contribution is 5.99. The number of benzene rings is 1. The van der Waals surface area contributed by atoms with Crippen LogP contribution in [0.25, 0.3) is 0 Å². The second kappa shape index (κ2) is 11.3. The third-order valence-corrected chi connectivity index (χ3v) is 7.07. The molecule has 192 valence electrons. The molecule has 4 amide bonds. The van der Waals surface area contributed by atoms with Gasteiger partial charge in [0.25, 0.3) is 5.91 Å². The number of hydrogen-bond donors (Lipinski definition) is 3. The minimum absolute atomic E-state index is 0.000772. The Bertz CT molecular complexity index is 930. The number of carbonyl (C=O) groups is 3. The first kappa shape index (κ1) is 25.3. The van der Waals surface area contributed by atoms with E-state index >= 15 is 0 Å². The predicted molar refractivity (Wildman–Crippen MR) is 133 cm³/mol. The molecule has 1 aromatic rings. The van der Waals surface area contributed by atoms with E-state index < -0.39 is 0 Å². The van der Waals surface area contributed by atoms with Gasteiger partial charge in [0.15, 0.2) is 0 Å². The minimum atomic E-state index is -0.327. The van der Waals surface area contributed by atoms with Gasteiger partial charge in [-0.05, 0) is 57.7 Å². The molecule has 1 aromatic carbocycles. The largest absolute Gasteiger partial charge is 0.490 e. The maximum Gasteiger partial charge on any atom is 0.319 e. The number of anilines is 1. The highest BCUT2D eigenvalue weighted by atomic mass is 16.5. The standard InChI is InChI=1S/C26H38N4O5/c1-16(2)27-26(33)29-18-9-12-22-20(13-18)25(32)30(3)21-11-10-19(35-23(21)15-34-22)14-24(31)28-17-7-5-4-6-8-17/h9,12-13,16-17,19,21,23H,4-8,10-11,14-15H2,1-3H3,(H,28,31)(H2,27,29,33)/t19-,21+,23-/m0/s1. The number of amides is 4. The van der Waals surface area contributed by atoms with Gasteiger partial charge in [0.2, 0.25) is 5.91 Å². The Balaban J connectivity index is 1.39. The first-order valence-corrected chi connectivity index (χ1v) is 12.9. The van der Waals surface area contributed by atoms with E-state index in [9.17, 15) is 14.4 Å². The van der Waals surface area contributed by atoms with Crippen molar-refractivity contribution in [3.63, 3.8) is 0 Å². The Kier molecular flexibility index (Phi) is 8.15. The molecule has 3 N–H and O–H groups in total. The molecule has 0 radical (unpaired) electrons. The highest BCUT2D eigenvalue weighted by Crippen LogP contribution is 2.32. The number of ether oxygens (including phenoxy) is 2. The lowest BCUT2D eigenvalue weighted by Gasteiger charge is -2.42. The van der Waals surface area contributed by atoms with E-state index in [0.29, 0.717) is 29.8 Å². The summed E-state index contributed by atoms with van der Waals surface area (Å²) >= 11 is 0. The fraction of sp³-hybridized carbons (Fsp3) is 0.654. The van der Waals surface area contributed by atoms with Gasteiger partial charge >= 0.3 is 6.03 Å². The lowest BCUT2D eigenvalue weighted by molar-refractivity contribution is -0.134. The molecule has 2 aliphatic heterocycles. The fourth-order valence-corrected chi connectivity index (χ4v) is 5.27.